The van der Waals surface area contributed by atoms with Gasteiger partial charge in [-0.1, -0.05) is 0 Å². The number of hydrogen-bond donors (Lipinski definition) is 5. The van der Waals surface area contributed by atoms with Crippen LogP contribution in [0.5, 0.6) is 0 Å². The Morgan fingerprint density at radius 3 is 2.33 bits per heavy atom. The van der Waals surface area contributed by atoms with Crippen molar-refractivity contribution >= 4 is 23.7 Å². The molecule has 0 spiro atoms. The summed E-state index contributed by atoms with van der Waals surface area (Å²) < 4.78 is 5.03. The van der Waals surface area contributed by atoms with Crippen molar-refractivity contribution in [3.05, 3.63) is 42.2 Å². The Morgan fingerprint density at radius 1 is 1.26 bits per heavy atom. The van der Waals surface area contributed by atoms with Gasteiger partial charge in [0.2, 0.25) is 0 Å². The first-order valence-corrected chi connectivity index (χ1v) is 8.06. The molecule has 1 aromatic carbocycles. The number of alkyl carbamates (subject to hydrolysis) is 1. The van der Waals surface area contributed by atoms with Crippen molar-refractivity contribution < 1.29 is 24.2 Å². The van der Waals surface area contributed by atoms with E-state index in [0.29, 0.717) is 5.69 Å². The van der Waals surface area contributed by atoms with Crippen molar-refractivity contribution in [1.29, 1.82) is 0 Å². The SMILES string of the molecule is CC(C)(C)OC(=O)NCC(NC(=O)c1ccc(N(N)/C=C\N)cc1)C(=O)O. The Balaban J connectivity index is 2.70. The van der Waals surface area contributed by atoms with E-state index in [2.05, 4.69) is 10.6 Å². The highest BCUT2D eigenvalue weighted by molar-refractivity contribution is 5.97. The summed E-state index contributed by atoms with van der Waals surface area (Å²) in [7, 11) is 0. The summed E-state index contributed by atoms with van der Waals surface area (Å²) in [5.74, 6) is 3.79. The van der Waals surface area contributed by atoms with E-state index < -0.39 is 29.6 Å². The number of hydrogen-bond acceptors (Lipinski definition) is 7. The first kappa shape index (κ1) is 21.8. The van der Waals surface area contributed by atoms with Gasteiger partial charge in [0.1, 0.15) is 11.6 Å². The van der Waals surface area contributed by atoms with Crippen molar-refractivity contribution in [2.75, 3.05) is 11.6 Å². The van der Waals surface area contributed by atoms with Crippen LogP contribution in [-0.2, 0) is 9.53 Å². The van der Waals surface area contributed by atoms with Gasteiger partial charge in [-0.3, -0.25) is 9.80 Å². The lowest BCUT2D eigenvalue weighted by atomic mass is 10.1. The van der Waals surface area contributed by atoms with Gasteiger partial charge in [0.15, 0.2) is 0 Å². The molecule has 10 heteroatoms. The summed E-state index contributed by atoms with van der Waals surface area (Å²) in [4.78, 5) is 35.2. The normalized spacial score (nSPS) is 12.3. The number of amides is 2. The smallest absolute Gasteiger partial charge is 0.407 e. The van der Waals surface area contributed by atoms with Gasteiger partial charge < -0.3 is 26.2 Å². The molecule has 1 aromatic rings. The minimum Gasteiger partial charge on any atom is -0.480 e. The van der Waals surface area contributed by atoms with E-state index in [0.717, 1.165) is 0 Å². The first-order valence-electron chi connectivity index (χ1n) is 8.06. The molecule has 148 valence electrons. The summed E-state index contributed by atoms with van der Waals surface area (Å²) >= 11 is 0. The number of nitrogens with two attached hydrogens (primary N) is 2. The molecule has 0 saturated heterocycles. The van der Waals surface area contributed by atoms with Crippen LogP contribution in [-0.4, -0.2) is 41.3 Å². The molecule has 0 heterocycles. The quantitative estimate of drug-likeness (QED) is 0.338. The number of hydrazine groups is 1. The van der Waals surface area contributed by atoms with Crippen molar-refractivity contribution in [2.45, 2.75) is 32.4 Å². The van der Waals surface area contributed by atoms with Gasteiger partial charge in [0.05, 0.1) is 12.2 Å². The van der Waals surface area contributed by atoms with Crippen LogP contribution in [0.1, 0.15) is 31.1 Å². The standard InChI is InChI=1S/C17H25N5O5/c1-17(2,3)27-16(26)20-10-13(15(24)25)21-14(23)11-4-6-12(7-5-11)22(19)9-8-18/h4-9,13H,10,18-19H2,1-3H3,(H,20,26)(H,21,23)(H,24,25)/b9-8-. The molecule has 10 nitrogen and oxygen atoms in total. The highest BCUT2D eigenvalue weighted by Crippen LogP contribution is 2.13. The van der Waals surface area contributed by atoms with Gasteiger partial charge in [-0.25, -0.2) is 15.4 Å². The molecule has 0 aliphatic rings. The van der Waals surface area contributed by atoms with Gasteiger partial charge in [-0.2, -0.15) is 0 Å². The number of carboxylic acid groups (broad SMARTS) is 1. The monoisotopic (exact) mass is 379 g/mol. The third-order valence-corrected chi connectivity index (χ3v) is 3.13. The van der Waals surface area contributed by atoms with E-state index in [4.69, 9.17) is 16.3 Å². The van der Waals surface area contributed by atoms with Crippen LogP contribution in [0.3, 0.4) is 0 Å². The molecular weight excluding hydrogens is 354 g/mol. The fourth-order valence-corrected chi connectivity index (χ4v) is 1.90. The van der Waals surface area contributed by atoms with Gasteiger partial charge in [0, 0.05) is 18.0 Å². The highest BCUT2D eigenvalue weighted by atomic mass is 16.6. The number of carboxylic acids is 1. The zero-order chi connectivity index (χ0) is 20.6. The first-order chi connectivity index (χ1) is 12.5. The number of ether oxygens (including phenoxy) is 1. The number of nitrogens with one attached hydrogen (secondary N) is 2. The Hall–Kier alpha value is -3.27. The number of nitrogens with zero attached hydrogens (tertiary/aromatic N) is 1. The molecule has 0 bridgehead atoms. The second-order valence-corrected chi connectivity index (χ2v) is 6.54. The maximum atomic E-state index is 12.2. The van der Waals surface area contributed by atoms with Gasteiger partial charge in [-0.05, 0) is 45.0 Å². The average molecular weight is 379 g/mol. The van der Waals surface area contributed by atoms with Crippen LogP contribution in [0.2, 0.25) is 0 Å². The van der Waals surface area contributed by atoms with E-state index in [1.54, 1.807) is 32.9 Å². The van der Waals surface area contributed by atoms with Crippen LogP contribution in [0.4, 0.5) is 10.5 Å². The maximum absolute atomic E-state index is 12.2. The van der Waals surface area contributed by atoms with Crippen LogP contribution in [0.15, 0.2) is 36.7 Å². The second-order valence-electron chi connectivity index (χ2n) is 6.54. The fraction of sp³-hybridized carbons (Fsp3) is 0.353. The molecule has 0 aliphatic carbocycles. The fourth-order valence-electron chi connectivity index (χ4n) is 1.90. The minimum atomic E-state index is -1.32. The largest absolute Gasteiger partial charge is 0.480 e. The zero-order valence-corrected chi connectivity index (χ0v) is 15.4. The predicted molar refractivity (Wildman–Crippen MR) is 99.6 cm³/mol. The van der Waals surface area contributed by atoms with Gasteiger partial charge in [0.25, 0.3) is 5.91 Å². The molecule has 1 unspecified atom stereocenters. The predicted octanol–water partition coefficient (Wildman–Crippen LogP) is 0.504. The summed E-state index contributed by atoms with van der Waals surface area (Å²) in [5, 5.41) is 15.2. The lowest BCUT2D eigenvalue weighted by Gasteiger charge is -2.21. The lowest BCUT2D eigenvalue weighted by molar-refractivity contribution is -0.139. The summed E-state index contributed by atoms with van der Waals surface area (Å²) in [5.41, 5.74) is 5.34. The van der Waals surface area contributed by atoms with Gasteiger partial charge in [-0.15, -0.1) is 0 Å². The molecule has 1 atom stereocenters. The molecule has 2 amide bonds. The molecule has 0 fully saturated rings. The third-order valence-electron chi connectivity index (χ3n) is 3.13. The highest BCUT2D eigenvalue weighted by Gasteiger charge is 2.23. The van der Waals surface area contributed by atoms with E-state index >= 15 is 0 Å². The average Bonchev–Trinajstić information content (AvgIpc) is 2.57. The molecule has 0 aliphatic heterocycles. The molecule has 27 heavy (non-hydrogen) atoms. The minimum absolute atomic E-state index is 0.229. The van der Waals surface area contributed by atoms with Crippen LogP contribution < -0.4 is 27.2 Å². The number of carbonyl (C=O) groups is 3. The maximum Gasteiger partial charge on any atom is 0.407 e. The van der Waals surface area contributed by atoms with Gasteiger partial charge >= 0.3 is 12.1 Å². The number of rotatable bonds is 7. The van der Waals surface area contributed by atoms with E-state index in [-0.39, 0.29) is 12.1 Å². The Bertz CT molecular complexity index is 697. The Kier molecular flexibility index (Phi) is 7.61. The van der Waals surface area contributed by atoms with Crippen molar-refractivity contribution in [1.82, 2.24) is 10.6 Å². The van der Waals surface area contributed by atoms with Crippen LogP contribution >= 0.6 is 0 Å². The number of anilines is 1. The van der Waals surface area contributed by atoms with Crippen LogP contribution in [0, 0.1) is 0 Å². The summed E-state index contributed by atoms with van der Waals surface area (Å²) in [6.07, 6.45) is 1.91. The molecule has 0 aromatic heterocycles. The van der Waals surface area contributed by atoms with E-state index in [9.17, 15) is 19.5 Å². The van der Waals surface area contributed by atoms with Crippen molar-refractivity contribution in [2.24, 2.45) is 11.6 Å². The third kappa shape index (κ3) is 7.65. The van der Waals surface area contributed by atoms with E-state index in [1.807, 2.05) is 0 Å². The Labute approximate surface area is 157 Å². The number of carbonyl (C=O) groups excluding carboxylic acids is 2. The summed E-state index contributed by atoms with van der Waals surface area (Å²) in [6, 6.07) is 4.79. The molecule has 7 N–H and O–H groups in total. The summed E-state index contributed by atoms with van der Waals surface area (Å²) in [6.45, 7) is 4.71. The lowest BCUT2D eigenvalue weighted by Crippen LogP contribution is -2.49. The number of aliphatic carboxylic acids is 1. The second kappa shape index (κ2) is 9.43. The zero-order valence-electron chi connectivity index (χ0n) is 15.4. The molecular formula is C17H25N5O5. The molecule has 1 rings (SSSR count). The van der Waals surface area contributed by atoms with E-state index in [1.165, 1.54) is 29.5 Å². The molecule has 0 radical (unpaired) electrons. The molecule has 0 saturated carbocycles. The topological polar surface area (TPSA) is 160 Å². The number of benzene rings is 1. The van der Waals surface area contributed by atoms with Crippen molar-refractivity contribution in [3.63, 3.8) is 0 Å². The van der Waals surface area contributed by atoms with Crippen LogP contribution in [0.25, 0.3) is 0 Å². The Morgan fingerprint density at radius 2 is 1.85 bits per heavy atom. The van der Waals surface area contributed by atoms with Crippen molar-refractivity contribution in [3.8, 4) is 0 Å².